The number of carbonyl (C=O) groups excluding carboxylic acids is 2. The summed E-state index contributed by atoms with van der Waals surface area (Å²) in [6.07, 6.45) is 12.8. The zero-order valence-corrected chi connectivity index (χ0v) is 43.7. The number of fused-ring (bicyclic) bond motifs is 2. The Hall–Kier alpha value is -4.46. The number of nitrogens with zero attached hydrogens (tertiary/aromatic N) is 10. The molecule has 0 radical (unpaired) electrons. The first kappa shape index (κ1) is 50.4. The maximum Gasteiger partial charge on any atom is 0.322 e. The van der Waals surface area contributed by atoms with Gasteiger partial charge >= 0.3 is 181 Å². The number of aromatic nitrogens is 6. The fourth-order valence-electron chi connectivity index (χ4n) is 9.61. The molecule has 4 atom stereocenters. The standard InChI is InChI=1S/C23H27N6O.C21H22Br2N6O2.2CH4.3CH3.Sn/c1-16-9-12-27(15-16)23(30)25-19-14-24-29-13-10-21(26-22(19)29)28-11-5-8-20(28)18-7-4-3-6-17(18)2;22-13-3-4-16(23)15(10-13)18-2-1-7-28(18)19-6-9-29-20(26-19)17(11-24-29)25-21(31)27-8-5-14(30)12-27;;;;;;/h3,6-7,10,13-14,16,20H,5,8-9,11-12,15H2,1-2H3,(H,25,30);3-4,6,9-11,14,18,30H,1-2,5,7-8,12H2,(H,25,31);2*1H4;3*1H3;/t16-,20+;14-,18+;;;;;;/m00....../s1. The van der Waals surface area contributed by atoms with Crippen molar-refractivity contribution in [2.75, 3.05) is 59.7 Å². The Labute approximate surface area is 415 Å². The number of hydrogen-bond acceptors (Lipinski definition) is 9. The van der Waals surface area contributed by atoms with Gasteiger partial charge in [0.05, 0.1) is 18.3 Å². The minimum Gasteiger partial charge on any atom is -0.391 e. The van der Waals surface area contributed by atoms with Gasteiger partial charge in [0, 0.05) is 47.9 Å². The summed E-state index contributed by atoms with van der Waals surface area (Å²) in [7, 11) is 0. The molecule has 10 rings (SSSR count). The molecule has 0 aliphatic carbocycles. The van der Waals surface area contributed by atoms with E-state index in [1.165, 1.54) is 16.7 Å². The van der Waals surface area contributed by atoms with Crippen LogP contribution in [0.3, 0.4) is 0 Å². The fraction of sp³-hybridized carbons (Fsp3) is 0.469. The van der Waals surface area contributed by atoms with Crippen LogP contribution in [0.5, 0.6) is 0 Å². The molecule has 15 nitrogen and oxygen atoms in total. The van der Waals surface area contributed by atoms with E-state index in [-0.39, 0.29) is 33.0 Å². The molecule has 0 saturated carbocycles. The summed E-state index contributed by atoms with van der Waals surface area (Å²) in [6, 6.07) is 17.6. The summed E-state index contributed by atoms with van der Waals surface area (Å²) in [6.45, 7) is 8.81. The average molecular weight is 1150 g/mol. The minimum atomic E-state index is -2.17. The van der Waals surface area contributed by atoms with Crippen LogP contribution >= 0.6 is 31.9 Å². The molecule has 3 N–H and O–H groups in total. The van der Waals surface area contributed by atoms with Gasteiger partial charge in [0.1, 0.15) is 11.5 Å². The molecule has 0 bridgehead atoms. The van der Waals surface area contributed by atoms with Crippen LogP contribution in [0.1, 0.15) is 89.1 Å². The van der Waals surface area contributed by atoms with Gasteiger partial charge in [-0.1, -0.05) is 53.6 Å². The molecular weight excluding hydrogens is 1080 g/mol. The second kappa shape index (κ2) is 21.0. The van der Waals surface area contributed by atoms with Gasteiger partial charge in [-0.15, -0.1) is 0 Å². The van der Waals surface area contributed by atoms with E-state index in [0.29, 0.717) is 54.1 Å². The number of halogens is 2. The van der Waals surface area contributed by atoms with Crippen molar-refractivity contribution in [2.24, 2.45) is 5.92 Å². The van der Waals surface area contributed by atoms with Gasteiger partial charge in [-0.25, -0.2) is 14.3 Å². The van der Waals surface area contributed by atoms with E-state index in [9.17, 15) is 14.7 Å². The molecule has 6 aromatic rings. The van der Waals surface area contributed by atoms with Gasteiger partial charge in [-0.05, 0) is 61.4 Å². The van der Waals surface area contributed by atoms with E-state index in [1.54, 1.807) is 29.9 Å². The number of anilines is 4. The van der Waals surface area contributed by atoms with Gasteiger partial charge in [-0.3, -0.25) is 0 Å². The molecule has 0 spiro atoms. The van der Waals surface area contributed by atoms with Crippen LogP contribution < -0.4 is 24.0 Å². The summed E-state index contributed by atoms with van der Waals surface area (Å²) in [5.41, 5.74) is 6.55. The molecule has 4 aromatic heterocycles. The van der Waals surface area contributed by atoms with Crippen molar-refractivity contribution in [1.82, 2.24) is 39.0 Å². The van der Waals surface area contributed by atoms with Crippen LogP contribution in [0.15, 0.2) is 82.3 Å². The number of aliphatic hydroxyl groups excluding tert-OH is 1. The van der Waals surface area contributed by atoms with Crippen molar-refractivity contribution in [2.45, 2.75) is 100 Å². The van der Waals surface area contributed by atoms with Gasteiger partial charge in [0.2, 0.25) is 0 Å². The Morgan fingerprint density at radius 3 is 1.78 bits per heavy atom. The van der Waals surface area contributed by atoms with Gasteiger partial charge in [0.15, 0.2) is 5.65 Å². The van der Waals surface area contributed by atoms with Crippen molar-refractivity contribution in [3.8, 4) is 0 Å². The summed E-state index contributed by atoms with van der Waals surface area (Å²) < 4.78 is 7.11. The molecule has 4 fully saturated rings. The SMILES string of the molecule is C.C.Cc1cc[c]([Sn]([CH3])([CH3])[CH3])cc1[C@H]1CCCN1c1ccn2ncc(NC(=O)N3CC[C@H](C)C3)c2n1.O=C(Nc1cnn2ccc(N3CCC[C@@H]3c3cc(Br)ccc3Br)nc12)N1CC[C@H](O)C1. The molecule has 4 saturated heterocycles. The first-order chi connectivity index (χ1) is 31.2. The zero-order valence-electron chi connectivity index (χ0n) is 37.7. The largest absolute Gasteiger partial charge is 0.391 e. The summed E-state index contributed by atoms with van der Waals surface area (Å²) in [5.74, 6) is 2.36. The molecule has 67 heavy (non-hydrogen) atoms. The topological polar surface area (TPSA) is 152 Å². The maximum atomic E-state index is 12.8. The third kappa shape index (κ3) is 10.9. The van der Waals surface area contributed by atoms with Gasteiger partial charge < -0.3 is 20.2 Å². The summed E-state index contributed by atoms with van der Waals surface area (Å²) >= 11 is 5.11. The van der Waals surface area contributed by atoms with Crippen molar-refractivity contribution in [1.29, 1.82) is 0 Å². The molecule has 18 heteroatoms. The smallest absolute Gasteiger partial charge is 0.322 e. The number of benzene rings is 2. The fourth-order valence-corrected chi connectivity index (χ4v) is 13.8. The maximum absolute atomic E-state index is 12.8. The second-order valence-electron chi connectivity index (χ2n) is 19.0. The normalized spacial score (nSPS) is 20.5. The molecule has 4 aliphatic heterocycles. The van der Waals surface area contributed by atoms with Crippen LogP contribution in [-0.4, -0.2) is 120 Å². The number of aliphatic hydroxyl groups is 1. The Morgan fingerprint density at radius 2 is 1.25 bits per heavy atom. The molecule has 2 aromatic carbocycles. The predicted octanol–water partition coefficient (Wildman–Crippen LogP) is 10.3. The van der Waals surface area contributed by atoms with Crippen LogP contribution in [0.4, 0.5) is 32.6 Å². The van der Waals surface area contributed by atoms with Crippen LogP contribution in [0, 0.1) is 12.8 Å². The Kier molecular flexibility index (Phi) is 15.8. The third-order valence-electron chi connectivity index (χ3n) is 13.3. The number of likely N-dealkylation sites (tertiary alicyclic amines) is 2. The minimum absolute atomic E-state index is 0. The van der Waals surface area contributed by atoms with Crippen LogP contribution in [0.2, 0.25) is 14.8 Å². The van der Waals surface area contributed by atoms with Gasteiger partial charge in [0.25, 0.3) is 0 Å². The van der Waals surface area contributed by atoms with E-state index in [2.05, 4.69) is 121 Å². The molecule has 0 unspecified atom stereocenters. The Balaban J connectivity index is 0.000000194. The molecule has 4 amide bonds. The third-order valence-corrected chi connectivity index (χ3v) is 20.3. The summed E-state index contributed by atoms with van der Waals surface area (Å²) in [5, 5.41) is 24.4. The van der Waals surface area contributed by atoms with Crippen LogP contribution in [0.25, 0.3) is 11.3 Å². The molecule has 358 valence electrons. The van der Waals surface area contributed by atoms with E-state index < -0.39 is 24.5 Å². The number of carbonyl (C=O) groups is 2. The van der Waals surface area contributed by atoms with E-state index >= 15 is 0 Å². The average Bonchev–Trinajstić information content (AvgIpc) is 4.15. The molecule has 4 aliphatic rings. The van der Waals surface area contributed by atoms with Crippen LogP contribution in [-0.2, 0) is 0 Å². The summed E-state index contributed by atoms with van der Waals surface area (Å²) in [4.78, 5) is 50.9. The van der Waals surface area contributed by atoms with Gasteiger partial charge in [-0.2, -0.15) is 5.10 Å². The number of aryl methyl sites for hydroxylation is 1. The second-order valence-corrected chi connectivity index (χ2v) is 35.3. The van der Waals surface area contributed by atoms with Crippen molar-refractivity contribution in [3.63, 3.8) is 0 Å². The van der Waals surface area contributed by atoms with Crippen molar-refractivity contribution < 1.29 is 14.7 Å². The molecule has 8 heterocycles. The van der Waals surface area contributed by atoms with E-state index in [0.717, 1.165) is 78.9 Å². The first-order valence-electron chi connectivity index (χ1n) is 22.8. The number of urea groups is 2. The quantitative estimate of drug-likeness (QED) is 0.133. The number of nitrogens with one attached hydrogen (secondary N) is 2. The number of rotatable bonds is 7. The Morgan fingerprint density at radius 1 is 0.701 bits per heavy atom. The zero-order chi connectivity index (χ0) is 45.6. The van der Waals surface area contributed by atoms with Crippen molar-refractivity contribution in [3.05, 3.63) is 99.0 Å². The monoisotopic (exact) mass is 1150 g/mol. The predicted molar refractivity (Wildman–Crippen MR) is 280 cm³/mol. The number of hydrogen-bond donors (Lipinski definition) is 3. The van der Waals surface area contributed by atoms with E-state index in [1.807, 2.05) is 35.5 Å². The molecular formula is C49H66Br2N12O3Sn. The first-order valence-corrected chi connectivity index (χ1v) is 34.4. The van der Waals surface area contributed by atoms with Crippen molar-refractivity contribution >= 4 is 100 Å². The van der Waals surface area contributed by atoms with E-state index in [4.69, 9.17) is 9.97 Å². The number of β-amino-alcohol motifs (C(OH)–C–C–N with tert-alkyl or cyclic N) is 1. The Bertz CT molecular complexity index is 2720. The number of amides is 4.